The third-order valence-electron chi connectivity index (χ3n) is 5.44. The van der Waals surface area contributed by atoms with Crippen molar-refractivity contribution in [3.05, 3.63) is 108 Å². The molecule has 0 unspecified atom stereocenters. The summed E-state index contributed by atoms with van der Waals surface area (Å²) >= 11 is 0. The van der Waals surface area contributed by atoms with Gasteiger partial charge in [0.25, 0.3) is 0 Å². The highest BCUT2D eigenvalue weighted by Gasteiger charge is 2.28. The second kappa shape index (κ2) is 9.27. The first-order valence-corrected chi connectivity index (χ1v) is 10.2. The molecular formula is C27H25NO2. The van der Waals surface area contributed by atoms with Gasteiger partial charge in [-0.1, -0.05) is 97.6 Å². The summed E-state index contributed by atoms with van der Waals surface area (Å²) in [7, 11) is 0. The molecular weight excluding hydrogens is 370 g/mol. The molecule has 4 rings (SSSR count). The zero-order valence-corrected chi connectivity index (χ0v) is 16.9. The SMILES string of the molecule is C=Cc1ccccc1C=CCCNC(=O)OCC1c2ccccc2-c2ccccc21. The van der Waals surface area contributed by atoms with Gasteiger partial charge in [0.15, 0.2) is 0 Å². The summed E-state index contributed by atoms with van der Waals surface area (Å²) in [6.45, 7) is 4.70. The number of benzene rings is 3. The lowest BCUT2D eigenvalue weighted by atomic mass is 9.98. The monoisotopic (exact) mass is 395 g/mol. The van der Waals surface area contributed by atoms with Gasteiger partial charge >= 0.3 is 6.09 Å². The van der Waals surface area contributed by atoms with Crippen LogP contribution in [0.4, 0.5) is 4.79 Å². The first kappa shape index (κ1) is 19.7. The lowest BCUT2D eigenvalue weighted by Gasteiger charge is -2.14. The topological polar surface area (TPSA) is 38.3 Å². The lowest BCUT2D eigenvalue weighted by Crippen LogP contribution is -2.26. The third kappa shape index (κ3) is 4.20. The minimum Gasteiger partial charge on any atom is -0.449 e. The average molecular weight is 396 g/mol. The number of rotatable bonds is 7. The van der Waals surface area contributed by atoms with Crippen molar-refractivity contribution in [1.82, 2.24) is 5.32 Å². The van der Waals surface area contributed by atoms with Crippen molar-refractivity contribution in [3.63, 3.8) is 0 Å². The van der Waals surface area contributed by atoms with Crippen molar-refractivity contribution in [1.29, 1.82) is 0 Å². The van der Waals surface area contributed by atoms with E-state index in [4.69, 9.17) is 4.74 Å². The number of fused-ring (bicyclic) bond motifs is 3. The van der Waals surface area contributed by atoms with E-state index in [0.29, 0.717) is 13.2 Å². The van der Waals surface area contributed by atoms with Crippen LogP contribution >= 0.6 is 0 Å². The van der Waals surface area contributed by atoms with Crippen LogP contribution in [0, 0.1) is 0 Å². The number of alkyl carbamates (subject to hydrolysis) is 1. The number of ether oxygens (including phenoxy) is 1. The van der Waals surface area contributed by atoms with E-state index in [1.807, 2.05) is 60.7 Å². The molecule has 3 aromatic carbocycles. The molecule has 0 bridgehead atoms. The first-order chi connectivity index (χ1) is 14.8. The molecule has 0 spiro atoms. The van der Waals surface area contributed by atoms with Gasteiger partial charge in [0, 0.05) is 12.5 Å². The van der Waals surface area contributed by atoms with E-state index in [1.54, 1.807) is 0 Å². The van der Waals surface area contributed by atoms with Crippen LogP contribution in [0.5, 0.6) is 0 Å². The molecule has 30 heavy (non-hydrogen) atoms. The van der Waals surface area contributed by atoms with E-state index in [0.717, 1.165) is 17.5 Å². The van der Waals surface area contributed by atoms with Crippen LogP contribution in [0.25, 0.3) is 23.3 Å². The Morgan fingerprint density at radius 3 is 2.17 bits per heavy atom. The molecule has 0 fully saturated rings. The van der Waals surface area contributed by atoms with Crippen LogP contribution in [0.2, 0.25) is 0 Å². The second-order valence-electron chi connectivity index (χ2n) is 7.28. The summed E-state index contributed by atoms with van der Waals surface area (Å²) < 4.78 is 5.55. The number of carbonyl (C=O) groups excluding carboxylic acids is 1. The number of carbonyl (C=O) groups is 1. The Bertz CT molecular complexity index is 1040. The van der Waals surface area contributed by atoms with E-state index < -0.39 is 0 Å². The average Bonchev–Trinajstić information content (AvgIpc) is 3.11. The van der Waals surface area contributed by atoms with Gasteiger partial charge in [0.1, 0.15) is 6.61 Å². The van der Waals surface area contributed by atoms with Crippen molar-refractivity contribution >= 4 is 18.2 Å². The highest BCUT2D eigenvalue weighted by Crippen LogP contribution is 2.44. The highest BCUT2D eigenvalue weighted by atomic mass is 16.5. The Balaban J connectivity index is 1.28. The van der Waals surface area contributed by atoms with Gasteiger partial charge in [-0.25, -0.2) is 4.79 Å². The molecule has 1 aliphatic rings. The summed E-state index contributed by atoms with van der Waals surface area (Å²) in [5.74, 6) is 0.0819. The van der Waals surface area contributed by atoms with Crippen LogP contribution in [0.15, 0.2) is 85.5 Å². The van der Waals surface area contributed by atoms with E-state index in [1.165, 1.54) is 22.3 Å². The van der Waals surface area contributed by atoms with Crippen LogP contribution < -0.4 is 5.32 Å². The van der Waals surface area contributed by atoms with Crippen molar-refractivity contribution in [3.8, 4) is 11.1 Å². The molecule has 1 N–H and O–H groups in total. The highest BCUT2D eigenvalue weighted by molar-refractivity contribution is 5.79. The molecule has 0 saturated heterocycles. The van der Waals surface area contributed by atoms with Gasteiger partial charge in [-0.2, -0.15) is 0 Å². The van der Waals surface area contributed by atoms with E-state index in [2.05, 4.69) is 42.2 Å². The second-order valence-corrected chi connectivity index (χ2v) is 7.28. The molecule has 3 aromatic rings. The van der Waals surface area contributed by atoms with Crippen molar-refractivity contribution in [2.24, 2.45) is 0 Å². The van der Waals surface area contributed by atoms with Crippen molar-refractivity contribution in [2.45, 2.75) is 12.3 Å². The summed E-state index contributed by atoms with van der Waals surface area (Å²) in [6.07, 6.45) is 6.30. The Morgan fingerprint density at radius 2 is 1.50 bits per heavy atom. The number of hydrogen-bond donors (Lipinski definition) is 1. The normalized spacial score (nSPS) is 12.4. The molecule has 1 amide bonds. The maximum absolute atomic E-state index is 12.2. The minimum atomic E-state index is -0.378. The Hall–Kier alpha value is -3.59. The molecule has 0 saturated carbocycles. The van der Waals surface area contributed by atoms with Crippen molar-refractivity contribution < 1.29 is 9.53 Å². The molecule has 0 atom stereocenters. The molecule has 1 aliphatic carbocycles. The predicted octanol–water partition coefficient (Wildman–Crippen LogP) is 6.27. The zero-order valence-electron chi connectivity index (χ0n) is 16.9. The number of nitrogens with one attached hydrogen (secondary N) is 1. The quantitative estimate of drug-likeness (QED) is 0.479. The maximum atomic E-state index is 12.2. The van der Waals surface area contributed by atoms with Crippen LogP contribution in [-0.4, -0.2) is 19.2 Å². The van der Waals surface area contributed by atoms with Gasteiger partial charge in [0.05, 0.1) is 0 Å². The molecule has 0 aliphatic heterocycles. The molecule has 3 heteroatoms. The van der Waals surface area contributed by atoms with Crippen molar-refractivity contribution in [2.75, 3.05) is 13.2 Å². The standard InChI is InChI=1S/C27H25NO2/c1-2-20-11-3-4-12-21(20)13-9-10-18-28-27(29)30-19-26-24-16-7-5-14-22(24)23-15-6-8-17-25(23)26/h2-9,11-17,26H,1,10,18-19H2,(H,28,29). The largest absolute Gasteiger partial charge is 0.449 e. The van der Waals surface area contributed by atoms with Gasteiger partial charge in [0.2, 0.25) is 0 Å². The molecule has 150 valence electrons. The number of hydrogen-bond acceptors (Lipinski definition) is 2. The Labute approximate surface area is 177 Å². The van der Waals surface area contributed by atoms with Gasteiger partial charge in [-0.15, -0.1) is 0 Å². The van der Waals surface area contributed by atoms with Crippen LogP contribution in [0.3, 0.4) is 0 Å². The zero-order chi connectivity index (χ0) is 20.8. The van der Waals surface area contributed by atoms with E-state index in [9.17, 15) is 4.79 Å². The summed E-state index contributed by atoms with van der Waals surface area (Å²) in [6, 6.07) is 24.7. The summed E-state index contributed by atoms with van der Waals surface area (Å²) in [5.41, 5.74) is 7.11. The van der Waals surface area contributed by atoms with E-state index in [-0.39, 0.29) is 12.0 Å². The fraction of sp³-hybridized carbons (Fsp3) is 0.148. The summed E-state index contributed by atoms with van der Waals surface area (Å²) in [5, 5.41) is 2.84. The third-order valence-corrected chi connectivity index (χ3v) is 5.44. The Kier molecular flexibility index (Phi) is 6.09. The lowest BCUT2D eigenvalue weighted by molar-refractivity contribution is 0.143. The predicted molar refractivity (Wildman–Crippen MR) is 123 cm³/mol. The molecule has 0 radical (unpaired) electrons. The molecule has 3 nitrogen and oxygen atoms in total. The van der Waals surface area contributed by atoms with Gasteiger partial charge in [-0.3, -0.25) is 0 Å². The Morgan fingerprint density at radius 1 is 0.900 bits per heavy atom. The minimum absolute atomic E-state index is 0.0819. The van der Waals surface area contributed by atoms with Gasteiger partial charge in [-0.05, 0) is 39.8 Å². The summed E-state index contributed by atoms with van der Waals surface area (Å²) in [4.78, 5) is 12.2. The van der Waals surface area contributed by atoms with Gasteiger partial charge < -0.3 is 10.1 Å². The van der Waals surface area contributed by atoms with E-state index >= 15 is 0 Å². The van der Waals surface area contributed by atoms with Crippen LogP contribution in [-0.2, 0) is 4.74 Å². The first-order valence-electron chi connectivity index (χ1n) is 10.2. The van der Waals surface area contributed by atoms with Crippen LogP contribution in [0.1, 0.15) is 34.6 Å². The number of amides is 1. The molecule has 0 aromatic heterocycles. The fourth-order valence-electron chi connectivity index (χ4n) is 3.97. The smallest absolute Gasteiger partial charge is 0.407 e. The fourth-order valence-corrected chi connectivity index (χ4v) is 3.97. The molecule has 0 heterocycles. The maximum Gasteiger partial charge on any atom is 0.407 e.